The highest BCUT2D eigenvalue weighted by Crippen LogP contribution is 2.44. The first-order valence-electron chi connectivity index (χ1n) is 8.93. The molecule has 9 nitrogen and oxygen atoms in total. The summed E-state index contributed by atoms with van der Waals surface area (Å²) in [6.07, 6.45) is 2.90. The first kappa shape index (κ1) is 20.2. The summed E-state index contributed by atoms with van der Waals surface area (Å²) >= 11 is 0. The van der Waals surface area contributed by atoms with E-state index in [4.69, 9.17) is 20.0 Å². The molecule has 156 valence electrons. The molecule has 3 aromatic rings. The van der Waals surface area contributed by atoms with Crippen molar-refractivity contribution < 1.29 is 22.7 Å². The van der Waals surface area contributed by atoms with Gasteiger partial charge in [-0.3, -0.25) is 4.99 Å². The number of phenolic OH excluding ortho intramolecular Hbond substituents is 1. The fourth-order valence-electron chi connectivity index (χ4n) is 3.23. The van der Waals surface area contributed by atoms with Gasteiger partial charge in [-0.1, -0.05) is 0 Å². The molecule has 1 aromatic heterocycles. The molecule has 1 unspecified atom stereocenters. The van der Waals surface area contributed by atoms with Crippen LogP contribution in [0.5, 0.6) is 11.5 Å². The van der Waals surface area contributed by atoms with Crippen molar-refractivity contribution in [3.63, 3.8) is 0 Å². The lowest BCUT2D eigenvalue weighted by Crippen LogP contribution is -2.21. The molecule has 0 bridgehead atoms. The number of nitriles is 1. The quantitative estimate of drug-likeness (QED) is 0.529. The molecule has 4 rings (SSSR count). The molecule has 2 aromatic carbocycles. The molecule has 31 heavy (non-hydrogen) atoms. The van der Waals surface area contributed by atoms with Crippen LogP contribution in [0.3, 0.4) is 0 Å². The minimum Gasteiger partial charge on any atom is -0.507 e. The number of rotatable bonds is 4. The third-order valence-electron chi connectivity index (χ3n) is 4.71. The highest BCUT2D eigenvalue weighted by atomic mass is 32.2. The number of hydrogen-bond donors (Lipinski definition) is 3. The molecule has 1 aliphatic rings. The van der Waals surface area contributed by atoms with Gasteiger partial charge in [0, 0.05) is 23.4 Å². The number of aliphatic imine (C=N–C) groups is 1. The number of furan rings is 1. The molecule has 0 radical (unpaired) electrons. The van der Waals surface area contributed by atoms with E-state index in [0.29, 0.717) is 28.3 Å². The van der Waals surface area contributed by atoms with Crippen LogP contribution in [0, 0.1) is 11.3 Å². The van der Waals surface area contributed by atoms with Crippen LogP contribution in [0.1, 0.15) is 22.8 Å². The molecule has 1 aliphatic heterocycles. The van der Waals surface area contributed by atoms with Crippen LogP contribution in [-0.4, -0.2) is 19.7 Å². The zero-order valence-corrected chi connectivity index (χ0v) is 16.7. The molecule has 0 spiro atoms. The third-order valence-corrected chi connectivity index (χ3v) is 5.64. The lowest BCUT2D eigenvalue weighted by molar-refractivity contribution is 0.379. The van der Waals surface area contributed by atoms with Gasteiger partial charge in [0.05, 0.1) is 22.8 Å². The number of nitrogens with two attached hydrogens (primary N) is 2. The van der Waals surface area contributed by atoms with E-state index in [9.17, 15) is 18.8 Å². The highest BCUT2D eigenvalue weighted by Gasteiger charge is 2.33. The Hall–Kier alpha value is -4.07. The standard InChI is InChI=1S/C21H16N4O5S/c22-10-16-20(18-2-1-7-29-18)15-8-12(17(26)9-19(15)30-21(16)23)11-25-13-3-5-14(6-4-13)31(24,27)28/h1-9,11,20,26H,23H2,(H2,24,27,28). The molecule has 0 amide bonds. The number of sulfonamides is 1. The molecular weight excluding hydrogens is 420 g/mol. The summed E-state index contributed by atoms with van der Waals surface area (Å²) in [7, 11) is -3.80. The van der Waals surface area contributed by atoms with E-state index in [2.05, 4.69) is 11.1 Å². The van der Waals surface area contributed by atoms with E-state index in [0.717, 1.165) is 0 Å². The average molecular weight is 436 g/mol. The van der Waals surface area contributed by atoms with Gasteiger partial charge in [0.15, 0.2) is 0 Å². The predicted octanol–water partition coefficient (Wildman–Crippen LogP) is 2.60. The molecule has 10 heteroatoms. The number of ether oxygens (including phenoxy) is 1. The van der Waals surface area contributed by atoms with Crippen LogP contribution in [-0.2, 0) is 10.0 Å². The first-order valence-corrected chi connectivity index (χ1v) is 10.5. The summed E-state index contributed by atoms with van der Waals surface area (Å²) in [4.78, 5) is 4.23. The number of phenols is 1. The molecule has 5 N–H and O–H groups in total. The van der Waals surface area contributed by atoms with Gasteiger partial charge < -0.3 is 20.0 Å². The van der Waals surface area contributed by atoms with Crippen LogP contribution in [0.2, 0.25) is 0 Å². The van der Waals surface area contributed by atoms with Crippen LogP contribution in [0.15, 0.2) is 80.6 Å². The van der Waals surface area contributed by atoms with Gasteiger partial charge in [-0.2, -0.15) is 5.26 Å². The second-order valence-corrected chi connectivity index (χ2v) is 8.25. The van der Waals surface area contributed by atoms with Crippen LogP contribution in [0.25, 0.3) is 0 Å². The summed E-state index contributed by atoms with van der Waals surface area (Å²) < 4.78 is 33.7. The number of hydrogen-bond acceptors (Lipinski definition) is 8. The van der Waals surface area contributed by atoms with Crippen molar-refractivity contribution in [3.05, 3.63) is 83.1 Å². The lowest BCUT2D eigenvalue weighted by atomic mass is 9.86. The Labute approximate surface area is 177 Å². The molecule has 0 aliphatic carbocycles. The first-order chi connectivity index (χ1) is 14.8. The maximum atomic E-state index is 11.4. The van der Waals surface area contributed by atoms with Crippen molar-refractivity contribution in [2.24, 2.45) is 15.9 Å². The Bertz CT molecular complexity index is 1350. The van der Waals surface area contributed by atoms with Gasteiger partial charge in [-0.25, -0.2) is 13.6 Å². The fraction of sp³-hybridized carbons (Fsp3) is 0.0476. The van der Waals surface area contributed by atoms with Gasteiger partial charge in [-0.05, 0) is 42.5 Å². The Morgan fingerprint density at radius 2 is 1.94 bits per heavy atom. The van der Waals surface area contributed by atoms with Gasteiger partial charge in [0.1, 0.15) is 28.9 Å². The Morgan fingerprint density at radius 1 is 1.19 bits per heavy atom. The summed E-state index contributed by atoms with van der Waals surface area (Å²) in [6.45, 7) is 0. The van der Waals surface area contributed by atoms with E-state index in [-0.39, 0.29) is 22.1 Å². The summed E-state index contributed by atoms with van der Waals surface area (Å²) in [5.41, 5.74) is 7.47. The number of fused-ring (bicyclic) bond motifs is 1. The van der Waals surface area contributed by atoms with E-state index in [1.165, 1.54) is 42.8 Å². The Kier molecular flexibility index (Phi) is 4.98. The monoisotopic (exact) mass is 436 g/mol. The van der Waals surface area contributed by atoms with Crippen molar-refractivity contribution in [2.75, 3.05) is 0 Å². The number of benzene rings is 2. The zero-order valence-electron chi connectivity index (χ0n) is 15.9. The largest absolute Gasteiger partial charge is 0.507 e. The topological polar surface area (TPSA) is 165 Å². The minimum absolute atomic E-state index is 0.0325. The van der Waals surface area contributed by atoms with Gasteiger partial charge in [0.2, 0.25) is 15.9 Å². The van der Waals surface area contributed by atoms with E-state index < -0.39 is 15.9 Å². The van der Waals surface area contributed by atoms with Crippen molar-refractivity contribution in [1.82, 2.24) is 0 Å². The second-order valence-electron chi connectivity index (χ2n) is 6.69. The van der Waals surface area contributed by atoms with E-state index in [1.54, 1.807) is 18.2 Å². The smallest absolute Gasteiger partial charge is 0.238 e. The molecule has 0 fully saturated rings. The minimum atomic E-state index is -3.80. The summed E-state index contributed by atoms with van der Waals surface area (Å²) in [5.74, 6) is 0.00836. The summed E-state index contributed by atoms with van der Waals surface area (Å²) in [5, 5.41) is 25.1. The van der Waals surface area contributed by atoms with Gasteiger partial charge in [0.25, 0.3) is 0 Å². The second kappa shape index (κ2) is 7.64. The number of nitrogens with zero attached hydrogens (tertiary/aromatic N) is 2. The molecule has 0 saturated heterocycles. The number of allylic oxidation sites excluding steroid dienone is 1. The number of primary sulfonamides is 1. The van der Waals surface area contributed by atoms with Crippen molar-refractivity contribution in [1.29, 1.82) is 5.26 Å². The van der Waals surface area contributed by atoms with Gasteiger partial charge >= 0.3 is 0 Å². The molecule has 2 heterocycles. The average Bonchev–Trinajstić information content (AvgIpc) is 3.25. The maximum Gasteiger partial charge on any atom is 0.238 e. The SMILES string of the molecule is N#CC1=C(N)Oc2cc(O)c(C=Nc3ccc(S(N)(=O)=O)cc3)cc2C1c1ccco1. The predicted molar refractivity (Wildman–Crippen MR) is 111 cm³/mol. The third kappa shape index (κ3) is 3.87. The fourth-order valence-corrected chi connectivity index (χ4v) is 3.74. The molecule has 1 atom stereocenters. The maximum absolute atomic E-state index is 11.4. The molecule has 0 saturated carbocycles. The van der Waals surface area contributed by atoms with Crippen LogP contribution in [0.4, 0.5) is 5.69 Å². The van der Waals surface area contributed by atoms with Gasteiger partial charge in [-0.15, -0.1) is 0 Å². The van der Waals surface area contributed by atoms with Crippen LogP contribution < -0.4 is 15.6 Å². The Morgan fingerprint density at radius 3 is 2.55 bits per heavy atom. The normalized spacial score (nSPS) is 16.1. The Balaban J connectivity index is 1.74. The van der Waals surface area contributed by atoms with Crippen molar-refractivity contribution >= 4 is 21.9 Å². The van der Waals surface area contributed by atoms with Crippen molar-refractivity contribution in [3.8, 4) is 17.6 Å². The highest BCUT2D eigenvalue weighted by molar-refractivity contribution is 7.89. The zero-order chi connectivity index (χ0) is 22.2. The lowest BCUT2D eigenvalue weighted by Gasteiger charge is -2.25. The number of aromatic hydroxyl groups is 1. The summed E-state index contributed by atoms with van der Waals surface area (Å²) in [6, 6.07) is 14.1. The van der Waals surface area contributed by atoms with Crippen molar-refractivity contribution in [2.45, 2.75) is 10.8 Å². The van der Waals surface area contributed by atoms with E-state index in [1.807, 2.05) is 0 Å². The van der Waals surface area contributed by atoms with E-state index >= 15 is 0 Å². The molecular formula is C21H16N4O5S. The van der Waals surface area contributed by atoms with Crippen LogP contribution >= 0.6 is 0 Å².